The number of nitrogens with zero attached hydrogens (tertiary/aromatic N) is 5. The van der Waals surface area contributed by atoms with Crippen LogP contribution in [0.15, 0.2) is 6.33 Å². The Morgan fingerprint density at radius 3 is 2.74 bits per heavy atom. The minimum atomic E-state index is -4.54. The Balaban J connectivity index is 0.00000180. The fraction of sp³-hybridized carbons (Fsp3) is 0.500. The number of rotatable bonds is 4. The van der Waals surface area contributed by atoms with Crippen LogP contribution in [-0.4, -0.2) is 91.4 Å². The molecule has 0 saturated carbocycles. The molecule has 2 amide bonds. The number of hydrogen-bond acceptors (Lipinski definition) is 7. The standard InChI is InChI=1S/C6H8N6O5S.Na.H/c13-5(2-11-3-7-9-10-11)8-4-1-12(6(4)14)18(15,16)17;;/h3-4H,1-2H2,(H,8,13)(H,15,16,17);;. The predicted octanol–water partition coefficient (Wildman–Crippen LogP) is -3.85. The zero-order chi connectivity index (χ0) is 13.3. The Morgan fingerprint density at radius 1 is 1.58 bits per heavy atom. The Kier molecular flexibility index (Phi) is 4.98. The van der Waals surface area contributed by atoms with Gasteiger partial charge in [-0.15, -0.1) is 5.10 Å². The maximum atomic E-state index is 11.4. The number of amides is 2. The molecule has 2 N–H and O–H groups in total. The van der Waals surface area contributed by atoms with Crippen molar-refractivity contribution in [2.75, 3.05) is 6.54 Å². The maximum absolute atomic E-state index is 11.4. The summed E-state index contributed by atoms with van der Waals surface area (Å²) in [6, 6.07) is -0.962. The Bertz CT molecular complexity index is 573. The SMILES string of the molecule is O=C(Cn1cnnn1)NC1CN(S(=O)(=O)O)C1=O.[NaH]. The summed E-state index contributed by atoms with van der Waals surface area (Å²) in [5, 5.41) is 12.4. The van der Waals surface area contributed by atoms with Crippen molar-refractivity contribution in [2.45, 2.75) is 12.6 Å². The number of nitrogens with one attached hydrogen (secondary N) is 1. The van der Waals surface area contributed by atoms with Crippen LogP contribution in [-0.2, 0) is 26.4 Å². The second-order valence-electron chi connectivity index (χ2n) is 3.47. The first-order valence-electron chi connectivity index (χ1n) is 4.67. The first-order chi connectivity index (χ1) is 8.38. The molecule has 11 nitrogen and oxygen atoms in total. The van der Waals surface area contributed by atoms with Gasteiger partial charge in [-0.05, 0) is 10.4 Å². The van der Waals surface area contributed by atoms with Crippen molar-refractivity contribution in [1.82, 2.24) is 29.8 Å². The summed E-state index contributed by atoms with van der Waals surface area (Å²) < 4.78 is 31.3. The van der Waals surface area contributed by atoms with E-state index in [4.69, 9.17) is 4.55 Å². The van der Waals surface area contributed by atoms with Crippen molar-refractivity contribution in [3.05, 3.63) is 6.33 Å². The van der Waals surface area contributed by atoms with E-state index < -0.39 is 28.2 Å². The number of carbonyl (C=O) groups is 2. The zero-order valence-corrected chi connectivity index (χ0v) is 9.61. The molecular formula is C6H9N6NaO5S. The van der Waals surface area contributed by atoms with Gasteiger partial charge in [0.1, 0.15) is 18.9 Å². The van der Waals surface area contributed by atoms with Crippen molar-refractivity contribution < 1.29 is 22.6 Å². The molecule has 0 aliphatic carbocycles. The number of aromatic nitrogens is 4. The van der Waals surface area contributed by atoms with E-state index in [2.05, 4.69) is 20.8 Å². The van der Waals surface area contributed by atoms with E-state index in [1.165, 1.54) is 6.33 Å². The van der Waals surface area contributed by atoms with Gasteiger partial charge < -0.3 is 5.32 Å². The topological polar surface area (TPSA) is 147 Å². The van der Waals surface area contributed by atoms with Gasteiger partial charge in [-0.25, -0.2) is 8.99 Å². The molecule has 1 aromatic heterocycles. The van der Waals surface area contributed by atoms with Crippen LogP contribution in [0.5, 0.6) is 0 Å². The third-order valence-electron chi connectivity index (χ3n) is 2.20. The molecule has 2 rings (SSSR count). The van der Waals surface area contributed by atoms with E-state index in [1.807, 2.05) is 0 Å². The number of hydrogen-bond donors (Lipinski definition) is 2. The van der Waals surface area contributed by atoms with Gasteiger partial charge in [0.25, 0.3) is 5.91 Å². The van der Waals surface area contributed by atoms with Crippen LogP contribution in [0, 0.1) is 0 Å². The molecule has 1 unspecified atom stereocenters. The minimum absolute atomic E-state index is 0. The van der Waals surface area contributed by atoms with Crippen molar-refractivity contribution in [1.29, 1.82) is 0 Å². The van der Waals surface area contributed by atoms with Gasteiger partial charge in [-0.1, -0.05) is 0 Å². The Labute approximate surface area is 129 Å². The average Bonchev–Trinajstić information content (AvgIpc) is 2.74. The molecule has 19 heavy (non-hydrogen) atoms. The Morgan fingerprint density at radius 2 is 2.26 bits per heavy atom. The van der Waals surface area contributed by atoms with Crippen molar-refractivity contribution in [3.63, 3.8) is 0 Å². The van der Waals surface area contributed by atoms with E-state index in [-0.39, 0.29) is 47.0 Å². The summed E-state index contributed by atoms with van der Waals surface area (Å²) in [7, 11) is -4.54. The summed E-state index contributed by atoms with van der Waals surface area (Å²) in [4.78, 5) is 22.7. The van der Waals surface area contributed by atoms with E-state index >= 15 is 0 Å². The van der Waals surface area contributed by atoms with Gasteiger partial charge in [0, 0.05) is 0 Å². The fourth-order valence-corrected chi connectivity index (χ4v) is 2.04. The first kappa shape index (κ1) is 16.0. The molecule has 0 spiro atoms. The molecule has 1 aromatic rings. The summed E-state index contributed by atoms with van der Waals surface area (Å²) >= 11 is 0. The van der Waals surface area contributed by atoms with Gasteiger partial charge in [0.2, 0.25) is 5.91 Å². The molecule has 0 radical (unpaired) electrons. The quantitative estimate of drug-likeness (QED) is 0.326. The molecular weight excluding hydrogens is 291 g/mol. The molecule has 1 fully saturated rings. The third kappa shape index (κ3) is 3.70. The molecule has 0 bridgehead atoms. The van der Waals surface area contributed by atoms with Crippen LogP contribution in [0.2, 0.25) is 0 Å². The second kappa shape index (κ2) is 5.92. The summed E-state index contributed by atoms with van der Waals surface area (Å²) in [6.45, 7) is -0.484. The molecule has 13 heteroatoms. The Hall–Kier alpha value is -1.08. The zero-order valence-electron chi connectivity index (χ0n) is 8.79. The van der Waals surface area contributed by atoms with E-state index in [0.717, 1.165) is 4.68 Å². The molecule has 1 saturated heterocycles. The van der Waals surface area contributed by atoms with E-state index in [9.17, 15) is 18.0 Å². The number of carbonyl (C=O) groups excluding carboxylic acids is 2. The van der Waals surface area contributed by atoms with Crippen molar-refractivity contribution in [3.8, 4) is 0 Å². The molecule has 1 aliphatic rings. The normalized spacial score (nSPS) is 18.5. The van der Waals surface area contributed by atoms with Gasteiger partial charge in [0.15, 0.2) is 0 Å². The summed E-state index contributed by atoms with van der Waals surface area (Å²) in [6.07, 6.45) is 1.21. The van der Waals surface area contributed by atoms with Crippen LogP contribution in [0.25, 0.3) is 0 Å². The second-order valence-corrected chi connectivity index (χ2v) is 4.81. The van der Waals surface area contributed by atoms with Crippen molar-refractivity contribution >= 4 is 51.7 Å². The van der Waals surface area contributed by atoms with Crippen LogP contribution < -0.4 is 5.32 Å². The number of β-lactam (4-membered cyclic amide) rings is 1. The van der Waals surface area contributed by atoms with Gasteiger partial charge >= 0.3 is 39.9 Å². The van der Waals surface area contributed by atoms with Gasteiger partial charge in [0.05, 0.1) is 6.54 Å². The van der Waals surface area contributed by atoms with Crippen LogP contribution in [0.1, 0.15) is 0 Å². The monoisotopic (exact) mass is 300 g/mol. The third-order valence-corrected chi connectivity index (χ3v) is 3.09. The van der Waals surface area contributed by atoms with Crippen LogP contribution in [0.3, 0.4) is 0 Å². The predicted molar refractivity (Wildman–Crippen MR) is 60.2 cm³/mol. The van der Waals surface area contributed by atoms with Crippen LogP contribution in [0.4, 0.5) is 0 Å². The average molecular weight is 300 g/mol. The van der Waals surface area contributed by atoms with Crippen LogP contribution >= 0.6 is 0 Å². The van der Waals surface area contributed by atoms with Gasteiger partial charge in [-0.3, -0.25) is 14.1 Å². The molecule has 0 aromatic carbocycles. The molecule has 1 atom stereocenters. The first-order valence-corrected chi connectivity index (χ1v) is 6.07. The van der Waals surface area contributed by atoms with Crippen molar-refractivity contribution in [2.24, 2.45) is 0 Å². The molecule has 100 valence electrons. The molecule has 1 aliphatic heterocycles. The van der Waals surface area contributed by atoms with E-state index in [1.54, 1.807) is 0 Å². The molecule has 2 heterocycles. The number of tetrazole rings is 1. The fourth-order valence-electron chi connectivity index (χ4n) is 1.35. The van der Waals surface area contributed by atoms with Gasteiger partial charge in [-0.2, -0.15) is 8.42 Å². The summed E-state index contributed by atoms with van der Waals surface area (Å²) in [5.74, 6) is -1.43. The summed E-state index contributed by atoms with van der Waals surface area (Å²) in [5.41, 5.74) is 0. The van der Waals surface area contributed by atoms with E-state index in [0.29, 0.717) is 0 Å².